The Morgan fingerprint density at radius 2 is 1.63 bits per heavy atom. The zero-order chi connectivity index (χ0) is 28.8. The van der Waals surface area contributed by atoms with Crippen LogP contribution in [-0.4, -0.2) is 37.2 Å². The van der Waals surface area contributed by atoms with Crippen LogP contribution in [0.15, 0.2) is 54.6 Å². The van der Waals surface area contributed by atoms with Gasteiger partial charge in [0.15, 0.2) is 0 Å². The minimum atomic E-state index is -4.30. The van der Waals surface area contributed by atoms with Gasteiger partial charge in [0.2, 0.25) is 0 Å². The van der Waals surface area contributed by atoms with E-state index >= 15 is 0 Å². The number of esters is 1. The van der Waals surface area contributed by atoms with Crippen molar-refractivity contribution in [2.45, 2.75) is 90.6 Å². The minimum Gasteiger partial charge on any atom is -0.462 e. The molecule has 5 nitrogen and oxygen atoms in total. The SMILES string of the molecule is CC(C)(C)OC=O.CN[C@H]1CCCC(Cc2ccc(C(F)(F)F)cc2)CC(C)OC1=O.Cc1ccccc1. The third-order valence-corrected chi connectivity index (χ3v) is 5.87. The van der Waals surface area contributed by atoms with Gasteiger partial charge in [-0.05, 0) is 91.0 Å². The van der Waals surface area contributed by atoms with E-state index in [0.29, 0.717) is 25.2 Å². The van der Waals surface area contributed by atoms with Crippen molar-refractivity contribution in [1.82, 2.24) is 5.32 Å². The maximum Gasteiger partial charge on any atom is 0.416 e. The standard InChI is InChI=1S/C18H24F3NO2.C7H8.C5H10O2/c1-12-10-14(4-3-5-16(22-2)17(23)24-12)11-13-6-8-15(9-7-13)18(19,20)21;1-7-5-3-2-4-6-7;1-5(2,3)7-4-6/h6-9,12,14,16,22H,3-5,10-11H2,1-2H3;2-6H,1H3;4H,1-3H3/t12?,14?,16-;;/m0../s1. The Balaban J connectivity index is 0.000000419. The Morgan fingerprint density at radius 3 is 2.05 bits per heavy atom. The number of aryl methyl sites for hydroxylation is 1. The number of hydrogen-bond acceptors (Lipinski definition) is 5. The number of hydrogen-bond donors (Lipinski definition) is 1. The van der Waals surface area contributed by atoms with Crippen molar-refractivity contribution in [1.29, 1.82) is 0 Å². The largest absolute Gasteiger partial charge is 0.462 e. The summed E-state index contributed by atoms with van der Waals surface area (Å²) < 4.78 is 47.9. The first kappa shape index (κ1) is 33.2. The Bertz CT molecular complexity index is 941. The average molecular weight is 538 g/mol. The number of rotatable bonds is 4. The molecule has 3 atom stereocenters. The highest BCUT2D eigenvalue weighted by atomic mass is 19.4. The third kappa shape index (κ3) is 14.2. The molecule has 38 heavy (non-hydrogen) atoms. The molecule has 8 heteroatoms. The van der Waals surface area contributed by atoms with Gasteiger partial charge in [-0.3, -0.25) is 9.59 Å². The lowest BCUT2D eigenvalue weighted by Crippen LogP contribution is -2.36. The highest BCUT2D eigenvalue weighted by Gasteiger charge is 2.30. The van der Waals surface area contributed by atoms with Crippen molar-refractivity contribution in [3.05, 3.63) is 71.3 Å². The molecular formula is C30H42F3NO4. The van der Waals surface area contributed by atoms with Gasteiger partial charge in [-0.15, -0.1) is 0 Å². The summed E-state index contributed by atoms with van der Waals surface area (Å²) in [5.41, 5.74) is 1.26. The molecule has 0 aromatic heterocycles. The van der Waals surface area contributed by atoms with Gasteiger partial charge in [0, 0.05) is 0 Å². The zero-order valence-corrected chi connectivity index (χ0v) is 23.3. The maximum absolute atomic E-state index is 12.6. The van der Waals surface area contributed by atoms with Crippen LogP contribution >= 0.6 is 0 Å². The van der Waals surface area contributed by atoms with Crippen LogP contribution in [0.25, 0.3) is 0 Å². The fourth-order valence-corrected chi connectivity index (χ4v) is 3.93. The second-order valence-electron chi connectivity index (χ2n) is 10.5. The second kappa shape index (κ2) is 16.2. The molecule has 1 fully saturated rings. The molecule has 3 rings (SSSR count). The van der Waals surface area contributed by atoms with Crippen molar-refractivity contribution in [3.8, 4) is 0 Å². The normalized spacial score (nSPS) is 20.1. The molecule has 1 N–H and O–H groups in total. The van der Waals surface area contributed by atoms with Crippen LogP contribution in [0, 0.1) is 12.8 Å². The van der Waals surface area contributed by atoms with Crippen LogP contribution in [0.2, 0.25) is 0 Å². The second-order valence-corrected chi connectivity index (χ2v) is 10.5. The number of carbonyl (C=O) groups is 2. The van der Waals surface area contributed by atoms with Crippen molar-refractivity contribution < 1.29 is 32.2 Å². The summed E-state index contributed by atoms with van der Waals surface area (Å²) >= 11 is 0. The molecule has 2 unspecified atom stereocenters. The molecular weight excluding hydrogens is 495 g/mol. The topological polar surface area (TPSA) is 64.6 Å². The van der Waals surface area contributed by atoms with Gasteiger partial charge in [0.25, 0.3) is 6.47 Å². The monoisotopic (exact) mass is 537 g/mol. The summed E-state index contributed by atoms with van der Waals surface area (Å²) in [5, 5.41) is 2.97. The maximum atomic E-state index is 12.6. The van der Waals surface area contributed by atoms with Crippen LogP contribution in [0.1, 0.15) is 70.1 Å². The molecule has 0 radical (unpaired) electrons. The molecule has 2 aromatic carbocycles. The van der Waals surface area contributed by atoms with E-state index in [9.17, 15) is 22.8 Å². The fourth-order valence-electron chi connectivity index (χ4n) is 3.93. The lowest BCUT2D eigenvalue weighted by atomic mass is 9.89. The van der Waals surface area contributed by atoms with E-state index in [4.69, 9.17) is 4.74 Å². The molecule has 0 spiro atoms. The summed E-state index contributed by atoms with van der Waals surface area (Å²) in [6.45, 7) is 9.87. The van der Waals surface area contributed by atoms with E-state index < -0.39 is 11.7 Å². The van der Waals surface area contributed by atoms with Gasteiger partial charge in [-0.25, -0.2) is 0 Å². The average Bonchev–Trinajstić information content (AvgIpc) is 2.88. The van der Waals surface area contributed by atoms with Gasteiger partial charge < -0.3 is 14.8 Å². The highest BCUT2D eigenvalue weighted by molar-refractivity contribution is 5.75. The molecule has 2 aromatic rings. The first-order valence-electron chi connectivity index (χ1n) is 12.9. The van der Waals surface area contributed by atoms with E-state index in [1.165, 1.54) is 5.56 Å². The molecule has 1 heterocycles. The van der Waals surface area contributed by atoms with E-state index in [0.717, 1.165) is 37.0 Å². The molecule has 1 saturated heterocycles. The van der Waals surface area contributed by atoms with Gasteiger partial charge in [-0.2, -0.15) is 13.2 Å². The molecule has 1 aliphatic rings. The van der Waals surface area contributed by atoms with Crippen LogP contribution in [0.3, 0.4) is 0 Å². The fraction of sp³-hybridized carbons (Fsp3) is 0.533. The number of cyclic esters (lactones) is 1. The predicted octanol–water partition coefficient (Wildman–Crippen LogP) is 6.91. The van der Waals surface area contributed by atoms with E-state index in [1.54, 1.807) is 19.2 Å². The Kier molecular flexibility index (Phi) is 14.1. The Labute approximate surface area is 225 Å². The van der Waals surface area contributed by atoms with E-state index in [2.05, 4.69) is 29.1 Å². The summed E-state index contributed by atoms with van der Waals surface area (Å²) in [6, 6.07) is 15.3. The van der Waals surface area contributed by atoms with Gasteiger partial charge >= 0.3 is 12.1 Å². The number of alkyl halides is 3. The number of carbonyl (C=O) groups excluding carboxylic acids is 2. The van der Waals surface area contributed by atoms with Crippen LogP contribution in [0.4, 0.5) is 13.2 Å². The first-order valence-corrected chi connectivity index (χ1v) is 12.9. The summed E-state index contributed by atoms with van der Waals surface area (Å²) in [5.74, 6) is 0.0697. The summed E-state index contributed by atoms with van der Waals surface area (Å²) in [4.78, 5) is 21.6. The number of likely N-dealkylation sites (N-methyl/N-ethyl adjacent to an activating group) is 1. The number of ether oxygens (including phenoxy) is 2. The van der Waals surface area contributed by atoms with E-state index in [1.807, 2.05) is 45.9 Å². The predicted molar refractivity (Wildman–Crippen MR) is 144 cm³/mol. The highest BCUT2D eigenvalue weighted by Crippen LogP contribution is 2.30. The molecule has 1 aliphatic heterocycles. The van der Waals surface area contributed by atoms with Crippen molar-refractivity contribution in [2.75, 3.05) is 7.05 Å². The zero-order valence-electron chi connectivity index (χ0n) is 23.3. The lowest BCUT2D eigenvalue weighted by molar-refractivity contribution is -0.151. The van der Waals surface area contributed by atoms with Crippen molar-refractivity contribution in [3.63, 3.8) is 0 Å². The Morgan fingerprint density at radius 1 is 1.03 bits per heavy atom. The van der Waals surface area contributed by atoms with E-state index in [-0.39, 0.29) is 23.7 Å². The Hall–Kier alpha value is -2.87. The van der Waals surface area contributed by atoms with Gasteiger partial charge in [-0.1, -0.05) is 54.4 Å². The first-order chi connectivity index (χ1) is 17.7. The smallest absolute Gasteiger partial charge is 0.416 e. The van der Waals surface area contributed by atoms with Crippen LogP contribution in [-0.2, 0) is 31.7 Å². The van der Waals surface area contributed by atoms with Gasteiger partial charge in [0.05, 0.1) is 11.7 Å². The lowest BCUT2D eigenvalue weighted by Gasteiger charge is -2.20. The molecule has 0 amide bonds. The quantitative estimate of drug-likeness (QED) is 0.339. The molecule has 0 bridgehead atoms. The van der Waals surface area contributed by atoms with Crippen molar-refractivity contribution >= 4 is 12.4 Å². The van der Waals surface area contributed by atoms with Crippen LogP contribution < -0.4 is 5.32 Å². The molecule has 212 valence electrons. The minimum absolute atomic E-state index is 0.189. The number of nitrogens with one attached hydrogen (secondary N) is 1. The summed E-state index contributed by atoms with van der Waals surface area (Å²) in [6.07, 6.45) is -0.537. The third-order valence-electron chi connectivity index (χ3n) is 5.87. The summed E-state index contributed by atoms with van der Waals surface area (Å²) in [7, 11) is 1.74. The number of benzene rings is 2. The van der Waals surface area contributed by atoms with Crippen molar-refractivity contribution in [2.24, 2.45) is 5.92 Å². The van der Waals surface area contributed by atoms with Crippen LogP contribution in [0.5, 0.6) is 0 Å². The van der Waals surface area contributed by atoms with Gasteiger partial charge in [0.1, 0.15) is 11.6 Å². The molecule has 0 aliphatic carbocycles. The molecule has 0 saturated carbocycles. The number of halogens is 3.